The summed E-state index contributed by atoms with van der Waals surface area (Å²) in [7, 11) is 0. The van der Waals surface area contributed by atoms with E-state index in [1.54, 1.807) is 18.5 Å². The lowest BCUT2D eigenvalue weighted by atomic mass is 9.93. The largest absolute Gasteiger partial charge is 0.573 e. The molecule has 0 bridgehead atoms. The van der Waals surface area contributed by atoms with Gasteiger partial charge >= 0.3 is 6.36 Å². The predicted molar refractivity (Wildman–Crippen MR) is 104 cm³/mol. The van der Waals surface area contributed by atoms with Gasteiger partial charge in [0, 0.05) is 47.8 Å². The first-order chi connectivity index (χ1) is 13.9. The van der Waals surface area contributed by atoms with Crippen molar-refractivity contribution in [1.29, 1.82) is 0 Å². The zero-order chi connectivity index (χ0) is 20.4. The van der Waals surface area contributed by atoms with Crippen LogP contribution in [0.5, 0.6) is 5.75 Å². The molecule has 4 rings (SSSR count). The van der Waals surface area contributed by atoms with Crippen LogP contribution in [0.15, 0.2) is 48.9 Å². The molecule has 1 fully saturated rings. The van der Waals surface area contributed by atoms with E-state index in [0.717, 1.165) is 48.6 Å². The van der Waals surface area contributed by atoms with Crippen LogP contribution in [-0.2, 0) is 0 Å². The summed E-state index contributed by atoms with van der Waals surface area (Å²) < 4.78 is 41.0. The van der Waals surface area contributed by atoms with Crippen molar-refractivity contribution in [3.05, 3.63) is 60.3 Å². The van der Waals surface area contributed by atoms with Crippen LogP contribution in [-0.4, -0.2) is 34.4 Å². The van der Waals surface area contributed by atoms with Crippen molar-refractivity contribution in [2.75, 3.05) is 18.0 Å². The van der Waals surface area contributed by atoms with Gasteiger partial charge in [-0.15, -0.1) is 13.2 Å². The highest BCUT2D eigenvalue weighted by molar-refractivity contribution is 5.66. The molecule has 1 aliphatic rings. The van der Waals surface area contributed by atoms with Gasteiger partial charge < -0.3 is 14.6 Å². The smallest absolute Gasteiger partial charge is 0.406 e. The van der Waals surface area contributed by atoms with Gasteiger partial charge in [0.1, 0.15) is 5.75 Å². The Balaban J connectivity index is 1.49. The second-order valence-corrected chi connectivity index (χ2v) is 7.19. The van der Waals surface area contributed by atoms with E-state index in [4.69, 9.17) is 0 Å². The minimum atomic E-state index is -4.70. The Bertz CT molecular complexity index is 947. The molecule has 0 saturated carbocycles. The van der Waals surface area contributed by atoms with Crippen LogP contribution in [0.3, 0.4) is 0 Å². The number of anilines is 1. The van der Waals surface area contributed by atoms with E-state index in [1.807, 2.05) is 25.3 Å². The molecule has 1 aliphatic heterocycles. The number of nitrogens with one attached hydrogen (secondary N) is 1. The van der Waals surface area contributed by atoms with Gasteiger partial charge in [-0.25, -0.2) is 4.98 Å². The van der Waals surface area contributed by atoms with Crippen molar-refractivity contribution in [2.24, 2.45) is 0 Å². The number of imidazole rings is 1. The number of pyridine rings is 1. The van der Waals surface area contributed by atoms with Gasteiger partial charge in [0.25, 0.3) is 0 Å². The zero-order valence-electron chi connectivity index (χ0n) is 15.9. The molecule has 0 atom stereocenters. The lowest BCUT2D eigenvalue weighted by molar-refractivity contribution is -0.274. The number of benzene rings is 1. The molecule has 8 heteroatoms. The summed E-state index contributed by atoms with van der Waals surface area (Å²) in [6.07, 6.45) is 0.968. The minimum absolute atomic E-state index is 0.241. The molecule has 1 N–H and O–H groups in total. The van der Waals surface area contributed by atoms with Gasteiger partial charge in [-0.3, -0.25) is 4.98 Å². The SMILES string of the molecule is Cc1cc(N2CCC(c3cnc[nH]3)CC2)cc(-c2ccc(OC(F)(F)F)cc2)n1. The number of ether oxygens (including phenoxy) is 1. The summed E-state index contributed by atoms with van der Waals surface area (Å²) in [5, 5.41) is 0. The molecule has 0 aliphatic carbocycles. The summed E-state index contributed by atoms with van der Waals surface area (Å²) >= 11 is 0. The molecule has 3 aromatic rings. The first-order valence-corrected chi connectivity index (χ1v) is 9.45. The Hall–Kier alpha value is -3.03. The van der Waals surface area contributed by atoms with Crippen molar-refractivity contribution in [3.63, 3.8) is 0 Å². The monoisotopic (exact) mass is 402 g/mol. The predicted octanol–water partition coefficient (Wildman–Crippen LogP) is 5.06. The summed E-state index contributed by atoms with van der Waals surface area (Å²) in [5.41, 5.74) is 4.60. The molecule has 0 spiro atoms. The molecule has 0 radical (unpaired) electrons. The number of nitrogens with zero attached hydrogens (tertiary/aromatic N) is 3. The standard InChI is InChI=1S/C21H21F3N4O/c1-14-10-17(28-8-6-16(7-9-28)20-12-25-13-26-20)11-19(27-14)15-2-4-18(5-3-15)29-21(22,23)24/h2-5,10-13,16H,6-9H2,1H3,(H,25,26). The fourth-order valence-electron chi connectivity index (χ4n) is 3.75. The first kappa shape index (κ1) is 19.3. The van der Waals surface area contributed by atoms with Crippen LogP contribution < -0.4 is 9.64 Å². The number of halogens is 3. The third-order valence-corrected chi connectivity index (χ3v) is 5.14. The zero-order valence-corrected chi connectivity index (χ0v) is 15.9. The van der Waals surface area contributed by atoms with Gasteiger partial charge in [-0.2, -0.15) is 0 Å². The number of alkyl halides is 3. The van der Waals surface area contributed by atoms with Crippen LogP contribution in [0.1, 0.15) is 30.1 Å². The van der Waals surface area contributed by atoms with E-state index in [-0.39, 0.29) is 5.75 Å². The Morgan fingerprint density at radius 3 is 2.45 bits per heavy atom. The van der Waals surface area contributed by atoms with Crippen molar-refractivity contribution < 1.29 is 17.9 Å². The number of aromatic nitrogens is 3. The average Bonchev–Trinajstić information content (AvgIpc) is 3.22. The summed E-state index contributed by atoms with van der Waals surface area (Å²) in [4.78, 5) is 14.2. The summed E-state index contributed by atoms with van der Waals surface area (Å²) in [5.74, 6) is 0.243. The highest BCUT2D eigenvalue weighted by Crippen LogP contribution is 2.32. The lowest BCUT2D eigenvalue weighted by Crippen LogP contribution is -2.33. The molecule has 0 unspecified atom stereocenters. The van der Waals surface area contributed by atoms with Gasteiger partial charge in [-0.1, -0.05) is 0 Å². The number of aromatic amines is 1. The molecule has 3 heterocycles. The summed E-state index contributed by atoms with van der Waals surface area (Å²) in [6, 6.07) is 9.84. The number of rotatable bonds is 4. The molecular formula is C21H21F3N4O. The van der Waals surface area contributed by atoms with E-state index < -0.39 is 6.36 Å². The Morgan fingerprint density at radius 2 is 1.83 bits per heavy atom. The maximum atomic E-state index is 12.3. The fraction of sp³-hybridized carbons (Fsp3) is 0.333. The van der Waals surface area contributed by atoms with Crippen LogP contribution in [0.25, 0.3) is 11.3 Å². The fourth-order valence-corrected chi connectivity index (χ4v) is 3.75. The topological polar surface area (TPSA) is 54.0 Å². The van der Waals surface area contributed by atoms with E-state index in [2.05, 4.69) is 24.6 Å². The first-order valence-electron chi connectivity index (χ1n) is 9.45. The highest BCUT2D eigenvalue weighted by Gasteiger charge is 2.31. The number of hydrogen-bond acceptors (Lipinski definition) is 4. The van der Waals surface area contributed by atoms with Gasteiger partial charge in [-0.05, 0) is 56.2 Å². The maximum absolute atomic E-state index is 12.3. The number of aryl methyl sites for hydroxylation is 1. The number of hydrogen-bond donors (Lipinski definition) is 1. The van der Waals surface area contributed by atoms with E-state index >= 15 is 0 Å². The molecule has 0 amide bonds. The minimum Gasteiger partial charge on any atom is -0.406 e. The molecular weight excluding hydrogens is 381 g/mol. The normalized spacial score (nSPS) is 15.5. The van der Waals surface area contributed by atoms with Crippen LogP contribution >= 0.6 is 0 Å². The quantitative estimate of drug-likeness (QED) is 0.663. The molecule has 152 valence electrons. The van der Waals surface area contributed by atoms with Crippen molar-refractivity contribution in [3.8, 4) is 17.0 Å². The van der Waals surface area contributed by atoms with Crippen molar-refractivity contribution >= 4 is 5.69 Å². The average molecular weight is 402 g/mol. The summed E-state index contributed by atoms with van der Waals surface area (Å²) in [6.45, 7) is 3.77. The second-order valence-electron chi connectivity index (χ2n) is 7.19. The van der Waals surface area contributed by atoms with Gasteiger partial charge in [0.05, 0.1) is 12.0 Å². The highest BCUT2D eigenvalue weighted by atomic mass is 19.4. The van der Waals surface area contributed by atoms with E-state index in [0.29, 0.717) is 5.92 Å². The number of piperidine rings is 1. The van der Waals surface area contributed by atoms with Crippen LogP contribution in [0.4, 0.5) is 18.9 Å². The van der Waals surface area contributed by atoms with Gasteiger partial charge in [0.15, 0.2) is 0 Å². The second kappa shape index (κ2) is 7.77. The lowest BCUT2D eigenvalue weighted by Gasteiger charge is -2.33. The molecule has 1 saturated heterocycles. The van der Waals surface area contributed by atoms with Crippen LogP contribution in [0, 0.1) is 6.92 Å². The third-order valence-electron chi connectivity index (χ3n) is 5.14. The number of H-pyrrole nitrogens is 1. The Morgan fingerprint density at radius 1 is 1.10 bits per heavy atom. The molecule has 1 aromatic carbocycles. The third kappa shape index (κ3) is 4.70. The Kier molecular flexibility index (Phi) is 5.17. The molecule has 5 nitrogen and oxygen atoms in total. The Labute approximate surface area is 166 Å². The van der Waals surface area contributed by atoms with E-state index in [9.17, 15) is 13.2 Å². The maximum Gasteiger partial charge on any atom is 0.573 e. The van der Waals surface area contributed by atoms with E-state index in [1.165, 1.54) is 17.8 Å². The molecule has 2 aromatic heterocycles. The van der Waals surface area contributed by atoms with Crippen molar-refractivity contribution in [1.82, 2.24) is 15.0 Å². The van der Waals surface area contributed by atoms with Crippen molar-refractivity contribution in [2.45, 2.75) is 32.0 Å². The molecule has 29 heavy (non-hydrogen) atoms. The van der Waals surface area contributed by atoms with Gasteiger partial charge in [0.2, 0.25) is 0 Å². The van der Waals surface area contributed by atoms with Crippen LogP contribution in [0.2, 0.25) is 0 Å².